The molecule has 196 valence electrons. The molecule has 0 saturated carbocycles. The third-order valence-corrected chi connectivity index (χ3v) is 11.7. The summed E-state index contributed by atoms with van der Waals surface area (Å²) in [5.74, 6) is 7.99. The van der Waals surface area contributed by atoms with Gasteiger partial charge in [-0.3, -0.25) is 9.59 Å². The van der Waals surface area contributed by atoms with Crippen molar-refractivity contribution in [1.82, 2.24) is 0 Å². The van der Waals surface area contributed by atoms with Gasteiger partial charge in [-0.2, -0.15) is 0 Å². The second kappa shape index (κ2) is 13.9. The summed E-state index contributed by atoms with van der Waals surface area (Å²) in [5, 5.41) is 0. The van der Waals surface area contributed by atoms with Crippen LogP contribution in [0.15, 0.2) is 48.5 Å². The van der Waals surface area contributed by atoms with E-state index in [0.717, 1.165) is 29.1 Å². The van der Waals surface area contributed by atoms with E-state index in [0.29, 0.717) is 39.3 Å². The van der Waals surface area contributed by atoms with Crippen molar-refractivity contribution in [1.29, 1.82) is 0 Å². The average molecular weight is 527 g/mol. The predicted molar refractivity (Wildman–Crippen MR) is 161 cm³/mol. The highest BCUT2D eigenvalue weighted by atomic mass is 32.2. The van der Waals surface area contributed by atoms with E-state index in [1.807, 2.05) is 24.3 Å². The number of ketones is 2. The van der Waals surface area contributed by atoms with Crippen LogP contribution in [0.3, 0.4) is 0 Å². The summed E-state index contributed by atoms with van der Waals surface area (Å²) in [4.78, 5) is 24.3. The Labute approximate surface area is 225 Å². The van der Waals surface area contributed by atoms with E-state index in [-0.39, 0.29) is 5.41 Å². The van der Waals surface area contributed by atoms with Crippen LogP contribution in [0, 0.1) is 5.92 Å². The molecule has 2 aromatic carbocycles. The minimum atomic E-state index is 0.161. The lowest BCUT2D eigenvalue weighted by Gasteiger charge is -2.18. The molecule has 0 amide bonds. The molecule has 0 unspecified atom stereocenters. The molecule has 0 radical (unpaired) electrons. The molecule has 2 saturated heterocycles. The van der Waals surface area contributed by atoms with Gasteiger partial charge in [0.2, 0.25) is 11.6 Å². The van der Waals surface area contributed by atoms with Crippen molar-refractivity contribution in [3.05, 3.63) is 70.8 Å². The summed E-state index contributed by atoms with van der Waals surface area (Å²) in [6, 6.07) is 16.5. The van der Waals surface area contributed by atoms with Gasteiger partial charge in [0, 0.05) is 11.1 Å². The molecule has 0 aromatic heterocycles. The number of rotatable bonds is 8. The Morgan fingerprint density at radius 3 is 1.44 bits per heavy atom. The van der Waals surface area contributed by atoms with E-state index in [4.69, 9.17) is 0 Å². The topological polar surface area (TPSA) is 34.1 Å². The first kappa shape index (κ1) is 29.0. The largest absolute Gasteiger partial charge is 0.289 e. The summed E-state index contributed by atoms with van der Waals surface area (Å²) >= 11 is 0. The van der Waals surface area contributed by atoms with Gasteiger partial charge in [0.25, 0.3) is 0 Å². The van der Waals surface area contributed by atoms with Crippen molar-refractivity contribution in [3.63, 3.8) is 0 Å². The SMILES string of the molecule is CC(C)(C)c1ccc(C(=O)C[S+]2CCCC2)cc1.CC(C)Cc1ccc(C(=O)C[S+]2CCCC2)cc1. The van der Waals surface area contributed by atoms with Crippen LogP contribution in [-0.2, 0) is 33.6 Å². The average Bonchev–Trinajstić information content (AvgIpc) is 3.54. The highest BCUT2D eigenvalue weighted by Crippen LogP contribution is 2.23. The van der Waals surface area contributed by atoms with Crippen LogP contribution in [-0.4, -0.2) is 46.1 Å². The molecule has 2 aliphatic rings. The van der Waals surface area contributed by atoms with E-state index in [1.54, 1.807) is 0 Å². The third-order valence-electron chi connectivity index (χ3n) is 6.90. The number of benzene rings is 2. The minimum absolute atomic E-state index is 0.161. The summed E-state index contributed by atoms with van der Waals surface area (Å²) in [5.41, 5.74) is 4.59. The Balaban J connectivity index is 0.000000201. The van der Waals surface area contributed by atoms with Crippen molar-refractivity contribution in [2.24, 2.45) is 5.92 Å². The van der Waals surface area contributed by atoms with E-state index >= 15 is 0 Å². The van der Waals surface area contributed by atoms with E-state index < -0.39 is 0 Å². The normalized spacial score (nSPS) is 16.7. The zero-order valence-corrected chi connectivity index (χ0v) is 24.7. The van der Waals surface area contributed by atoms with Crippen molar-refractivity contribution in [2.75, 3.05) is 34.5 Å². The Bertz CT molecular complexity index is 959. The number of carbonyl (C=O) groups excluding carboxylic acids is 2. The van der Waals surface area contributed by atoms with Gasteiger partial charge < -0.3 is 0 Å². The zero-order chi connectivity index (χ0) is 26.1. The second-order valence-corrected chi connectivity index (χ2v) is 16.4. The fourth-order valence-corrected chi connectivity index (χ4v) is 9.22. The lowest BCUT2D eigenvalue weighted by atomic mass is 9.86. The number of hydrogen-bond donors (Lipinski definition) is 0. The van der Waals surface area contributed by atoms with Gasteiger partial charge in [-0.1, -0.05) is 83.1 Å². The summed E-state index contributed by atoms with van der Waals surface area (Å²) < 4.78 is 0. The lowest BCUT2D eigenvalue weighted by Crippen LogP contribution is -2.18. The lowest BCUT2D eigenvalue weighted by molar-refractivity contribution is 0.101. The van der Waals surface area contributed by atoms with Crippen LogP contribution in [0.1, 0.15) is 92.1 Å². The van der Waals surface area contributed by atoms with Gasteiger partial charge in [-0.05, 0) is 76.4 Å². The smallest absolute Gasteiger partial charge is 0.211 e. The molecule has 4 heteroatoms. The van der Waals surface area contributed by atoms with Gasteiger partial charge in [-0.15, -0.1) is 0 Å². The fraction of sp³-hybridized carbons (Fsp3) is 0.562. The molecule has 0 bridgehead atoms. The standard InChI is InChI=1S/2C16H23OS/c1-16(2,3)14-8-6-13(7-9-14)15(17)12-18-10-4-5-11-18;1-13(2)11-14-5-7-15(8-6-14)16(17)12-18-9-3-4-10-18/h6-9H,4-5,10-12H2,1-3H3;5-8,13H,3-4,9-12H2,1-2H3/q2*+1. The maximum atomic E-state index is 12.2. The molecule has 36 heavy (non-hydrogen) atoms. The molecular weight excluding hydrogens is 480 g/mol. The molecule has 0 aliphatic carbocycles. The maximum Gasteiger partial charge on any atom is 0.211 e. The van der Waals surface area contributed by atoms with Gasteiger partial charge in [0.05, 0.1) is 0 Å². The molecule has 2 aromatic rings. The summed E-state index contributed by atoms with van der Waals surface area (Å²) in [6.45, 7) is 11.0. The summed E-state index contributed by atoms with van der Waals surface area (Å²) in [6.07, 6.45) is 6.38. The minimum Gasteiger partial charge on any atom is -0.289 e. The van der Waals surface area contributed by atoms with Crippen molar-refractivity contribution < 1.29 is 9.59 Å². The van der Waals surface area contributed by atoms with E-state index in [2.05, 4.69) is 58.9 Å². The molecule has 2 fully saturated rings. The van der Waals surface area contributed by atoms with Gasteiger partial charge in [-0.25, -0.2) is 0 Å². The molecule has 0 spiro atoms. The maximum absolute atomic E-state index is 12.2. The third kappa shape index (κ3) is 9.41. The molecular formula is C32H46O2S2+2. The number of carbonyl (C=O) groups is 2. The number of hydrogen-bond acceptors (Lipinski definition) is 2. The van der Waals surface area contributed by atoms with Crippen LogP contribution >= 0.6 is 0 Å². The Hall–Kier alpha value is -1.52. The van der Waals surface area contributed by atoms with Crippen molar-refractivity contribution in [3.8, 4) is 0 Å². The van der Waals surface area contributed by atoms with Gasteiger partial charge >= 0.3 is 0 Å². The molecule has 2 aliphatic heterocycles. The molecule has 0 N–H and O–H groups in total. The van der Waals surface area contributed by atoms with Gasteiger partial charge in [0.15, 0.2) is 11.5 Å². The number of Topliss-reactive ketones (excluding diaryl/α,β-unsaturated/α-hetero) is 2. The van der Waals surface area contributed by atoms with Crippen LogP contribution in [0.2, 0.25) is 0 Å². The van der Waals surface area contributed by atoms with Crippen LogP contribution < -0.4 is 0 Å². The molecule has 4 rings (SSSR count). The Morgan fingerprint density at radius 1 is 0.694 bits per heavy atom. The zero-order valence-electron chi connectivity index (χ0n) is 23.1. The van der Waals surface area contributed by atoms with Crippen molar-refractivity contribution >= 4 is 33.4 Å². The van der Waals surface area contributed by atoms with Crippen LogP contribution in [0.4, 0.5) is 0 Å². The van der Waals surface area contributed by atoms with Gasteiger partial charge in [0.1, 0.15) is 23.0 Å². The first-order chi connectivity index (χ1) is 17.1. The highest BCUT2D eigenvalue weighted by molar-refractivity contribution is 7.98. The first-order valence-electron chi connectivity index (χ1n) is 13.7. The molecule has 2 nitrogen and oxygen atoms in total. The van der Waals surface area contributed by atoms with Crippen molar-refractivity contribution in [2.45, 2.75) is 72.1 Å². The fourth-order valence-electron chi connectivity index (χ4n) is 4.71. The second-order valence-electron chi connectivity index (χ2n) is 11.7. The Kier molecular flexibility index (Phi) is 11.2. The monoisotopic (exact) mass is 526 g/mol. The predicted octanol–water partition coefficient (Wildman–Crippen LogP) is 7.06. The van der Waals surface area contributed by atoms with E-state index in [9.17, 15) is 9.59 Å². The van der Waals surface area contributed by atoms with Crippen LogP contribution in [0.25, 0.3) is 0 Å². The Morgan fingerprint density at radius 2 is 1.08 bits per heavy atom. The molecule has 2 heterocycles. The van der Waals surface area contributed by atoms with Crippen LogP contribution in [0.5, 0.6) is 0 Å². The summed E-state index contributed by atoms with van der Waals surface area (Å²) in [7, 11) is 0.748. The highest BCUT2D eigenvalue weighted by Gasteiger charge is 2.28. The quantitative estimate of drug-likeness (QED) is 0.273. The molecule has 0 atom stereocenters. The van der Waals surface area contributed by atoms with E-state index in [1.165, 1.54) is 59.8 Å². The first-order valence-corrected chi connectivity index (χ1v) is 17.1.